The third-order valence-corrected chi connectivity index (χ3v) is 4.21. The summed E-state index contributed by atoms with van der Waals surface area (Å²) in [7, 11) is 0. The largest absolute Gasteiger partial charge is 0.353 e. The van der Waals surface area contributed by atoms with Gasteiger partial charge in [-0.2, -0.15) is 5.26 Å². The minimum Gasteiger partial charge on any atom is -0.353 e. The highest BCUT2D eigenvalue weighted by molar-refractivity contribution is 6.08. The topological polar surface area (TPSA) is 90.7 Å². The van der Waals surface area contributed by atoms with Crippen LogP contribution in [-0.4, -0.2) is 15.9 Å². The summed E-state index contributed by atoms with van der Waals surface area (Å²) in [6.07, 6.45) is 4.79. The van der Waals surface area contributed by atoms with E-state index in [2.05, 4.69) is 26.7 Å². The number of pyridine rings is 2. The van der Waals surface area contributed by atoms with Gasteiger partial charge in [-0.05, 0) is 30.3 Å². The van der Waals surface area contributed by atoms with Crippen LogP contribution in [0.4, 0.5) is 17.1 Å². The zero-order valence-corrected chi connectivity index (χ0v) is 14.8. The Hall–Kier alpha value is -4.24. The Bertz CT molecular complexity index is 1210. The second-order valence-corrected chi connectivity index (χ2v) is 6.08. The second-order valence-electron chi connectivity index (χ2n) is 6.08. The molecule has 28 heavy (non-hydrogen) atoms. The molecule has 0 saturated heterocycles. The van der Waals surface area contributed by atoms with Gasteiger partial charge in [0.1, 0.15) is 6.07 Å². The van der Waals surface area contributed by atoms with Crippen molar-refractivity contribution in [2.45, 2.75) is 0 Å². The molecule has 0 aliphatic carbocycles. The van der Waals surface area contributed by atoms with Crippen molar-refractivity contribution in [2.75, 3.05) is 10.6 Å². The maximum absolute atomic E-state index is 12.7. The summed E-state index contributed by atoms with van der Waals surface area (Å²) in [6, 6.07) is 20.4. The molecule has 134 valence electrons. The normalized spacial score (nSPS) is 10.2. The monoisotopic (exact) mass is 365 g/mol. The highest BCUT2D eigenvalue weighted by Crippen LogP contribution is 2.23. The van der Waals surface area contributed by atoms with Gasteiger partial charge in [0, 0.05) is 17.8 Å². The van der Waals surface area contributed by atoms with Crippen LogP contribution in [0, 0.1) is 11.3 Å². The number of carbonyl (C=O) groups excluding carboxylic acids is 1. The lowest BCUT2D eigenvalue weighted by atomic mass is 10.1. The molecule has 0 saturated carbocycles. The number of anilines is 3. The Morgan fingerprint density at radius 2 is 1.79 bits per heavy atom. The molecule has 4 aromatic rings. The van der Waals surface area contributed by atoms with Crippen molar-refractivity contribution in [3.05, 3.63) is 90.4 Å². The van der Waals surface area contributed by atoms with E-state index in [-0.39, 0.29) is 5.91 Å². The minimum atomic E-state index is -0.289. The molecule has 6 nitrogen and oxygen atoms in total. The van der Waals surface area contributed by atoms with E-state index < -0.39 is 0 Å². The molecule has 0 fully saturated rings. The number of fused-ring (bicyclic) bond motifs is 1. The van der Waals surface area contributed by atoms with E-state index in [0.29, 0.717) is 28.2 Å². The highest BCUT2D eigenvalue weighted by atomic mass is 16.1. The van der Waals surface area contributed by atoms with E-state index in [9.17, 15) is 10.1 Å². The van der Waals surface area contributed by atoms with E-state index in [1.807, 2.05) is 36.4 Å². The predicted molar refractivity (Wildman–Crippen MR) is 108 cm³/mol. The van der Waals surface area contributed by atoms with Crippen LogP contribution in [0.15, 0.2) is 79.3 Å². The number of rotatable bonds is 4. The molecule has 2 aromatic heterocycles. The quantitative estimate of drug-likeness (QED) is 0.556. The van der Waals surface area contributed by atoms with Gasteiger partial charge in [0.2, 0.25) is 0 Å². The van der Waals surface area contributed by atoms with Crippen molar-refractivity contribution in [3.8, 4) is 6.07 Å². The number of benzene rings is 2. The molecular weight excluding hydrogens is 350 g/mol. The fourth-order valence-electron chi connectivity index (χ4n) is 2.88. The molecular formula is C22H15N5O. The summed E-state index contributed by atoms with van der Waals surface area (Å²) in [6.45, 7) is 0. The lowest BCUT2D eigenvalue weighted by Crippen LogP contribution is -2.13. The van der Waals surface area contributed by atoms with E-state index in [1.54, 1.807) is 36.7 Å². The summed E-state index contributed by atoms with van der Waals surface area (Å²) in [5.41, 5.74) is 3.54. The summed E-state index contributed by atoms with van der Waals surface area (Å²) in [5, 5.41) is 16.2. The fraction of sp³-hybridized carbons (Fsp3) is 0. The first-order valence-corrected chi connectivity index (χ1v) is 8.61. The number of para-hydroxylation sites is 2. The first-order chi connectivity index (χ1) is 13.7. The zero-order chi connectivity index (χ0) is 19.3. The summed E-state index contributed by atoms with van der Waals surface area (Å²) in [4.78, 5) is 21.2. The number of amides is 1. The van der Waals surface area contributed by atoms with Gasteiger partial charge in [0.25, 0.3) is 5.91 Å². The van der Waals surface area contributed by atoms with Crippen LogP contribution in [-0.2, 0) is 0 Å². The molecule has 6 heteroatoms. The average Bonchev–Trinajstić information content (AvgIpc) is 2.74. The number of nitriles is 1. The SMILES string of the molecule is N#Cc1ccccc1Nc1cncc(C(=O)Nc2cccc3cccnc23)c1. The molecule has 4 rings (SSSR count). The minimum absolute atomic E-state index is 0.289. The molecule has 0 aliphatic rings. The van der Waals surface area contributed by atoms with Crippen LogP contribution >= 0.6 is 0 Å². The van der Waals surface area contributed by atoms with E-state index in [0.717, 1.165) is 10.9 Å². The molecule has 2 aromatic carbocycles. The molecule has 1 amide bonds. The lowest BCUT2D eigenvalue weighted by molar-refractivity contribution is 0.102. The standard InChI is InChI=1S/C22H15N5O/c23-12-16-5-1-2-8-19(16)26-18-11-17(13-24-14-18)22(28)27-20-9-3-6-15-7-4-10-25-21(15)20/h1-11,13-14,26H,(H,27,28). The van der Waals surface area contributed by atoms with Gasteiger partial charge in [-0.3, -0.25) is 14.8 Å². The Balaban J connectivity index is 1.59. The van der Waals surface area contributed by atoms with Crippen LogP contribution in [0.2, 0.25) is 0 Å². The van der Waals surface area contributed by atoms with Gasteiger partial charge < -0.3 is 10.6 Å². The van der Waals surface area contributed by atoms with Crippen LogP contribution in [0.25, 0.3) is 10.9 Å². The van der Waals surface area contributed by atoms with Crippen molar-refractivity contribution in [1.82, 2.24) is 9.97 Å². The first-order valence-electron chi connectivity index (χ1n) is 8.61. The molecule has 2 N–H and O–H groups in total. The molecule has 0 unspecified atom stereocenters. The van der Waals surface area contributed by atoms with Gasteiger partial charge in [0.15, 0.2) is 0 Å². The molecule has 0 aliphatic heterocycles. The highest BCUT2D eigenvalue weighted by Gasteiger charge is 2.11. The smallest absolute Gasteiger partial charge is 0.257 e. The molecule has 2 heterocycles. The van der Waals surface area contributed by atoms with Crippen molar-refractivity contribution in [2.24, 2.45) is 0 Å². The Kier molecular flexibility index (Phi) is 4.64. The molecule has 0 radical (unpaired) electrons. The Labute approximate surface area is 161 Å². The molecule has 0 bridgehead atoms. The maximum Gasteiger partial charge on any atom is 0.257 e. The number of aromatic nitrogens is 2. The van der Waals surface area contributed by atoms with Crippen LogP contribution < -0.4 is 10.6 Å². The second kappa shape index (κ2) is 7.56. The zero-order valence-electron chi connectivity index (χ0n) is 14.8. The van der Waals surface area contributed by atoms with E-state index in [4.69, 9.17) is 0 Å². The lowest BCUT2D eigenvalue weighted by Gasteiger charge is -2.10. The van der Waals surface area contributed by atoms with Crippen LogP contribution in [0.5, 0.6) is 0 Å². The van der Waals surface area contributed by atoms with Crippen molar-refractivity contribution in [3.63, 3.8) is 0 Å². The van der Waals surface area contributed by atoms with Gasteiger partial charge in [-0.25, -0.2) is 0 Å². The van der Waals surface area contributed by atoms with Gasteiger partial charge in [-0.1, -0.05) is 30.3 Å². The fourth-order valence-corrected chi connectivity index (χ4v) is 2.88. The van der Waals surface area contributed by atoms with Crippen molar-refractivity contribution < 1.29 is 4.79 Å². The van der Waals surface area contributed by atoms with Gasteiger partial charge >= 0.3 is 0 Å². The summed E-state index contributed by atoms with van der Waals surface area (Å²) >= 11 is 0. The predicted octanol–water partition coefficient (Wildman–Crippen LogP) is 4.50. The van der Waals surface area contributed by atoms with E-state index in [1.165, 1.54) is 6.20 Å². The van der Waals surface area contributed by atoms with Crippen LogP contribution in [0.3, 0.4) is 0 Å². The number of nitrogens with zero attached hydrogens (tertiary/aromatic N) is 3. The average molecular weight is 365 g/mol. The van der Waals surface area contributed by atoms with E-state index >= 15 is 0 Å². The maximum atomic E-state index is 12.7. The van der Waals surface area contributed by atoms with Crippen molar-refractivity contribution in [1.29, 1.82) is 5.26 Å². The summed E-state index contributed by atoms with van der Waals surface area (Å²) < 4.78 is 0. The Morgan fingerprint density at radius 3 is 2.68 bits per heavy atom. The molecule has 0 spiro atoms. The first kappa shape index (κ1) is 17.2. The van der Waals surface area contributed by atoms with Crippen molar-refractivity contribution >= 4 is 33.9 Å². The molecule has 0 atom stereocenters. The number of hydrogen-bond donors (Lipinski definition) is 2. The number of carbonyl (C=O) groups is 1. The number of nitrogens with one attached hydrogen (secondary N) is 2. The Morgan fingerprint density at radius 1 is 0.964 bits per heavy atom. The van der Waals surface area contributed by atoms with Gasteiger partial charge in [-0.15, -0.1) is 0 Å². The third kappa shape index (κ3) is 3.50. The van der Waals surface area contributed by atoms with Crippen LogP contribution in [0.1, 0.15) is 15.9 Å². The third-order valence-electron chi connectivity index (χ3n) is 4.21. The number of hydrogen-bond acceptors (Lipinski definition) is 5. The van der Waals surface area contributed by atoms with Gasteiger partial charge in [0.05, 0.1) is 39.9 Å². The summed E-state index contributed by atoms with van der Waals surface area (Å²) in [5.74, 6) is -0.289.